The Morgan fingerprint density at radius 1 is 1.09 bits per heavy atom. The number of aliphatic hydroxyl groups is 1. The van der Waals surface area contributed by atoms with Crippen LogP contribution in [0.5, 0.6) is 0 Å². The summed E-state index contributed by atoms with van der Waals surface area (Å²) < 4.78 is 14.8. The second-order valence-corrected chi connectivity index (χ2v) is 8.06. The number of fused-ring (bicyclic) bond motifs is 1. The smallest absolute Gasteiger partial charge is 0.255 e. The zero-order chi connectivity index (χ0) is 22.9. The van der Waals surface area contributed by atoms with Crippen molar-refractivity contribution in [1.29, 1.82) is 0 Å². The maximum atomic E-state index is 12.9. The van der Waals surface area contributed by atoms with Gasteiger partial charge in [-0.05, 0) is 68.8 Å². The number of carbonyl (C=O) groups excluding carboxylic acids is 1. The maximum Gasteiger partial charge on any atom is 0.255 e. The second kappa shape index (κ2) is 8.36. The summed E-state index contributed by atoms with van der Waals surface area (Å²) in [6, 6.07) is 13.7. The molecule has 6 nitrogen and oxygen atoms in total. The summed E-state index contributed by atoms with van der Waals surface area (Å²) in [4.78, 5) is 21.2. The van der Waals surface area contributed by atoms with Gasteiger partial charge in [0.2, 0.25) is 0 Å². The van der Waals surface area contributed by atoms with Crippen LogP contribution in [-0.2, 0) is 5.60 Å². The number of hydrogen-bond donors (Lipinski definition) is 2. The third-order valence-corrected chi connectivity index (χ3v) is 5.06. The average molecular weight is 430 g/mol. The van der Waals surface area contributed by atoms with Gasteiger partial charge in [0.1, 0.15) is 17.1 Å². The molecule has 32 heavy (non-hydrogen) atoms. The Morgan fingerprint density at radius 3 is 2.50 bits per heavy atom. The zero-order valence-corrected chi connectivity index (χ0v) is 18.0. The molecule has 0 aliphatic rings. The maximum absolute atomic E-state index is 12.9. The molecule has 2 N–H and O–H groups in total. The van der Waals surface area contributed by atoms with Crippen LogP contribution in [0.1, 0.15) is 46.9 Å². The Labute approximate surface area is 185 Å². The summed E-state index contributed by atoms with van der Waals surface area (Å²) in [5.74, 6) is -0.613. The van der Waals surface area contributed by atoms with E-state index < -0.39 is 5.60 Å². The van der Waals surface area contributed by atoms with E-state index >= 15 is 0 Å². The van der Waals surface area contributed by atoms with Crippen molar-refractivity contribution in [3.8, 4) is 0 Å². The third kappa shape index (κ3) is 4.58. The van der Waals surface area contributed by atoms with Gasteiger partial charge in [-0.1, -0.05) is 18.2 Å². The number of rotatable bonds is 5. The van der Waals surface area contributed by atoms with Gasteiger partial charge in [0.25, 0.3) is 5.91 Å². The highest BCUT2D eigenvalue weighted by atomic mass is 19.1. The van der Waals surface area contributed by atoms with Gasteiger partial charge in [-0.3, -0.25) is 9.78 Å². The molecule has 4 rings (SSSR count). The van der Waals surface area contributed by atoms with Crippen LogP contribution in [0.25, 0.3) is 17.8 Å². The number of halogens is 1. The topological polar surface area (TPSA) is 79.5 Å². The molecular formula is C25H23FN4O2. The number of anilines is 1. The predicted octanol–water partition coefficient (Wildman–Crippen LogP) is 4.83. The lowest BCUT2D eigenvalue weighted by atomic mass is 10.0. The van der Waals surface area contributed by atoms with E-state index in [9.17, 15) is 14.3 Å². The van der Waals surface area contributed by atoms with Crippen LogP contribution >= 0.6 is 0 Å². The highest BCUT2D eigenvalue weighted by Crippen LogP contribution is 2.25. The van der Waals surface area contributed by atoms with Crippen LogP contribution in [0, 0.1) is 12.7 Å². The zero-order valence-electron chi connectivity index (χ0n) is 18.0. The summed E-state index contributed by atoms with van der Waals surface area (Å²) in [5.41, 5.74) is 3.73. The first-order valence-electron chi connectivity index (χ1n) is 10.1. The van der Waals surface area contributed by atoms with E-state index in [1.807, 2.05) is 29.5 Å². The van der Waals surface area contributed by atoms with Gasteiger partial charge in [-0.15, -0.1) is 0 Å². The molecule has 0 unspecified atom stereocenters. The lowest BCUT2D eigenvalue weighted by Gasteiger charge is -2.15. The number of amides is 1. The third-order valence-electron chi connectivity index (χ3n) is 5.06. The molecular weight excluding hydrogens is 407 g/mol. The van der Waals surface area contributed by atoms with E-state index in [4.69, 9.17) is 0 Å². The summed E-state index contributed by atoms with van der Waals surface area (Å²) in [7, 11) is 0. The van der Waals surface area contributed by atoms with E-state index in [0.717, 1.165) is 11.3 Å². The van der Waals surface area contributed by atoms with Gasteiger partial charge in [0.15, 0.2) is 0 Å². The van der Waals surface area contributed by atoms with Crippen LogP contribution in [0.2, 0.25) is 0 Å². The molecule has 7 heteroatoms. The predicted molar refractivity (Wildman–Crippen MR) is 123 cm³/mol. The number of carbonyl (C=O) groups is 1. The van der Waals surface area contributed by atoms with E-state index in [2.05, 4.69) is 15.3 Å². The molecule has 0 aliphatic heterocycles. The van der Waals surface area contributed by atoms with Crippen LogP contribution < -0.4 is 5.32 Å². The van der Waals surface area contributed by atoms with Gasteiger partial charge < -0.3 is 14.8 Å². The molecule has 1 amide bonds. The molecule has 3 aromatic heterocycles. The van der Waals surface area contributed by atoms with Crippen molar-refractivity contribution in [3.05, 3.63) is 95.0 Å². The van der Waals surface area contributed by atoms with Crippen molar-refractivity contribution >= 4 is 29.4 Å². The van der Waals surface area contributed by atoms with Crippen molar-refractivity contribution in [2.24, 2.45) is 0 Å². The van der Waals surface area contributed by atoms with E-state index in [1.54, 1.807) is 56.5 Å². The molecule has 162 valence electrons. The van der Waals surface area contributed by atoms with E-state index in [0.29, 0.717) is 28.3 Å². The minimum absolute atomic E-state index is 0.236. The highest BCUT2D eigenvalue weighted by Gasteiger charge is 2.23. The number of nitrogens with zero attached hydrogens (tertiary/aromatic N) is 3. The summed E-state index contributed by atoms with van der Waals surface area (Å²) in [6.07, 6.45) is 6.58. The average Bonchev–Trinajstić information content (AvgIpc) is 3.10. The minimum atomic E-state index is -1.05. The number of pyridine rings is 2. The Hall–Kier alpha value is -3.84. The Bertz CT molecular complexity index is 1300. The molecule has 0 fully saturated rings. The molecule has 0 spiro atoms. The van der Waals surface area contributed by atoms with E-state index in [-0.39, 0.29) is 11.7 Å². The number of nitrogens with one attached hydrogen (secondary N) is 1. The molecule has 0 radical (unpaired) electrons. The van der Waals surface area contributed by atoms with Crippen molar-refractivity contribution in [3.63, 3.8) is 0 Å². The minimum Gasteiger partial charge on any atom is -0.384 e. The highest BCUT2D eigenvalue weighted by molar-refractivity contribution is 6.04. The van der Waals surface area contributed by atoms with Crippen LogP contribution in [-0.4, -0.2) is 25.4 Å². The normalized spacial score (nSPS) is 11.9. The Kier molecular flexibility index (Phi) is 5.59. The number of aryl methyl sites for hydroxylation is 1. The van der Waals surface area contributed by atoms with Gasteiger partial charge in [-0.2, -0.15) is 0 Å². The van der Waals surface area contributed by atoms with Crippen molar-refractivity contribution in [1.82, 2.24) is 14.4 Å². The molecule has 0 atom stereocenters. The summed E-state index contributed by atoms with van der Waals surface area (Å²) >= 11 is 0. The lowest BCUT2D eigenvalue weighted by molar-refractivity contribution is 0.0736. The summed E-state index contributed by atoms with van der Waals surface area (Å²) in [6.45, 7) is 5.27. The Morgan fingerprint density at radius 2 is 1.84 bits per heavy atom. The van der Waals surface area contributed by atoms with E-state index in [1.165, 1.54) is 12.3 Å². The first-order valence-corrected chi connectivity index (χ1v) is 10.1. The molecule has 3 heterocycles. The number of hydrogen-bond acceptors (Lipinski definition) is 4. The molecule has 1 aromatic carbocycles. The second-order valence-electron chi connectivity index (χ2n) is 8.06. The monoisotopic (exact) mass is 430 g/mol. The number of benzene rings is 1. The fourth-order valence-corrected chi connectivity index (χ4v) is 3.43. The first kappa shape index (κ1) is 21.4. The largest absolute Gasteiger partial charge is 0.384 e. The van der Waals surface area contributed by atoms with Gasteiger partial charge in [0.05, 0.1) is 23.3 Å². The van der Waals surface area contributed by atoms with Crippen molar-refractivity contribution in [2.45, 2.75) is 26.4 Å². The number of aromatic nitrogens is 3. The molecule has 0 aliphatic carbocycles. The first-order chi connectivity index (χ1) is 15.2. The Balaban J connectivity index is 1.48. The van der Waals surface area contributed by atoms with Crippen LogP contribution in [0.4, 0.5) is 10.1 Å². The molecule has 4 aromatic rings. The standard InChI is InChI=1S/C25H23FN4O2/c1-16-23(25(2,3)32)29-22-13-12-21(15-30(16)22)28-24(31)18-7-4-17(5-8-18)6-10-20-11-9-19(26)14-27-20/h4-15,32H,1-3H3,(H,28,31)/b10-6+. The SMILES string of the molecule is Cc1c(C(C)(C)O)nc2ccc(NC(=O)c3ccc(/C=C/c4ccc(F)cn4)cc3)cn12. The van der Waals surface area contributed by atoms with Crippen molar-refractivity contribution in [2.75, 3.05) is 5.32 Å². The van der Waals surface area contributed by atoms with Gasteiger partial charge in [-0.25, -0.2) is 9.37 Å². The molecule has 0 saturated carbocycles. The van der Waals surface area contributed by atoms with Gasteiger partial charge in [0, 0.05) is 17.5 Å². The molecule has 0 bridgehead atoms. The van der Waals surface area contributed by atoms with Crippen LogP contribution in [0.3, 0.4) is 0 Å². The summed E-state index contributed by atoms with van der Waals surface area (Å²) in [5, 5.41) is 13.2. The van der Waals surface area contributed by atoms with Gasteiger partial charge >= 0.3 is 0 Å². The quantitative estimate of drug-likeness (QED) is 0.475. The fourth-order valence-electron chi connectivity index (χ4n) is 3.43. The molecule has 0 saturated heterocycles. The fraction of sp³-hybridized carbons (Fsp3) is 0.160. The number of imidazole rings is 1. The van der Waals surface area contributed by atoms with Crippen molar-refractivity contribution < 1.29 is 14.3 Å². The van der Waals surface area contributed by atoms with Crippen LogP contribution in [0.15, 0.2) is 60.9 Å². The lowest BCUT2D eigenvalue weighted by Crippen LogP contribution is -2.17.